The smallest absolute Gasteiger partial charge is 0.258 e. The van der Waals surface area contributed by atoms with E-state index in [2.05, 4.69) is 5.32 Å². The highest BCUT2D eigenvalue weighted by Gasteiger charge is 2.11. The molecule has 0 aliphatic heterocycles. The number of carbonyl (C=O) groups is 1. The molecule has 0 aliphatic rings. The lowest BCUT2D eigenvalue weighted by molar-refractivity contribution is -0.123. The number of carbonyl (C=O) groups excluding carboxylic acids is 1. The van der Waals surface area contributed by atoms with E-state index in [0.717, 1.165) is 5.56 Å². The number of halogens is 2. The number of benzene rings is 2. The van der Waals surface area contributed by atoms with Gasteiger partial charge in [-0.3, -0.25) is 4.79 Å². The van der Waals surface area contributed by atoms with E-state index in [1.807, 2.05) is 19.1 Å². The van der Waals surface area contributed by atoms with E-state index in [0.29, 0.717) is 5.02 Å². The van der Waals surface area contributed by atoms with Crippen LogP contribution in [0.4, 0.5) is 4.39 Å². The molecule has 3 nitrogen and oxygen atoms in total. The molecule has 1 N–H and O–H groups in total. The highest BCUT2D eigenvalue weighted by Crippen LogP contribution is 2.17. The molecule has 0 saturated carbocycles. The van der Waals surface area contributed by atoms with Crippen molar-refractivity contribution in [2.75, 3.05) is 6.61 Å². The second-order valence-electron chi connectivity index (χ2n) is 4.56. The number of nitrogens with one attached hydrogen (secondary N) is 1. The lowest BCUT2D eigenvalue weighted by Gasteiger charge is -2.15. The Morgan fingerprint density at radius 1 is 1.24 bits per heavy atom. The van der Waals surface area contributed by atoms with E-state index in [9.17, 15) is 9.18 Å². The molecule has 2 rings (SSSR count). The lowest BCUT2D eigenvalue weighted by Crippen LogP contribution is -2.31. The number of rotatable bonds is 5. The molecule has 5 heteroatoms. The number of ether oxygens (including phenoxy) is 1. The predicted octanol–water partition coefficient (Wildman–Crippen LogP) is 3.74. The molecule has 2 aromatic rings. The van der Waals surface area contributed by atoms with Crippen LogP contribution in [-0.4, -0.2) is 12.5 Å². The van der Waals surface area contributed by atoms with E-state index in [1.165, 1.54) is 12.1 Å². The van der Waals surface area contributed by atoms with Gasteiger partial charge in [-0.15, -0.1) is 0 Å². The maximum Gasteiger partial charge on any atom is 0.258 e. The summed E-state index contributed by atoms with van der Waals surface area (Å²) in [7, 11) is 0. The van der Waals surface area contributed by atoms with Crippen molar-refractivity contribution in [3.63, 3.8) is 0 Å². The summed E-state index contributed by atoms with van der Waals surface area (Å²) in [6.07, 6.45) is 0. The van der Waals surface area contributed by atoms with Crippen LogP contribution in [0.2, 0.25) is 5.02 Å². The van der Waals surface area contributed by atoms with Gasteiger partial charge < -0.3 is 10.1 Å². The van der Waals surface area contributed by atoms with Gasteiger partial charge in [-0.05, 0) is 36.8 Å². The highest BCUT2D eigenvalue weighted by atomic mass is 35.5. The minimum Gasteiger partial charge on any atom is -0.481 e. The number of amides is 1. The SMILES string of the molecule is CC(NC(=O)COc1ccccc1F)c1ccc(Cl)cc1. The fourth-order valence-corrected chi connectivity index (χ4v) is 1.95. The average Bonchev–Trinajstić information content (AvgIpc) is 2.47. The summed E-state index contributed by atoms with van der Waals surface area (Å²) in [5.74, 6) is -0.747. The molecule has 2 aromatic carbocycles. The summed E-state index contributed by atoms with van der Waals surface area (Å²) in [6, 6.07) is 13.0. The first-order valence-electron chi connectivity index (χ1n) is 6.48. The summed E-state index contributed by atoms with van der Waals surface area (Å²) in [5, 5.41) is 3.41. The van der Waals surface area contributed by atoms with Crippen LogP contribution in [0.1, 0.15) is 18.5 Å². The Kier molecular flexibility index (Phi) is 5.17. The molecular formula is C16H15ClFNO2. The van der Waals surface area contributed by atoms with Gasteiger partial charge in [-0.1, -0.05) is 35.9 Å². The zero-order valence-corrected chi connectivity index (χ0v) is 12.2. The first-order chi connectivity index (χ1) is 10.1. The molecule has 0 spiro atoms. The molecule has 0 aliphatic carbocycles. The second kappa shape index (κ2) is 7.09. The third-order valence-electron chi connectivity index (χ3n) is 2.94. The van der Waals surface area contributed by atoms with Gasteiger partial charge in [-0.25, -0.2) is 4.39 Å². The third-order valence-corrected chi connectivity index (χ3v) is 3.19. The molecular weight excluding hydrogens is 293 g/mol. The summed E-state index contributed by atoms with van der Waals surface area (Å²) in [6.45, 7) is 1.61. The number of hydrogen-bond donors (Lipinski definition) is 1. The highest BCUT2D eigenvalue weighted by molar-refractivity contribution is 6.30. The zero-order valence-electron chi connectivity index (χ0n) is 11.5. The Hall–Kier alpha value is -2.07. The second-order valence-corrected chi connectivity index (χ2v) is 5.00. The topological polar surface area (TPSA) is 38.3 Å². The van der Waals surface area contributed by atoms with Crippen molar-refractivity contribution in [1.82, 2.24) is 5.32 Å². The van der Waals surface area contributed by atoms with Crippen LogP contribution in [0.3, 0.4) is 0 Å². The van der Waals surface area contributed by atoms with Gasteiger partial charge in [-0.2, -0.15) is 0 Å². The van der Waals surface area contributed by atoms with Gasteiger partial charge in [0.15, 0.2) is 18.2 Å². The molecule has 0 fully saturated rings. The van der Waals surface area contributed by atoms with Crippen LogP contribution in [0, 0.1) is 5.82 Å². The Morgan fingerprint density at radius 3 is 2.57 bits per heavy atom. The molecule has 0 aromatic heterocycles. The van der Waals surface area contributed by atoms with E-state index in [-0.39, 0.29) is 24.3 Å². The molecule has 1 amide bonds. The van der Waals surface area contributed by atoms with Crippen molar-refractivity contribution in [3.8, 4) is 5.75 Å². The van der Waals surface area contributed by atoms with Gasteiger partial charge in [0, 0.05) is 5.02 Å². The molecule has 110 valence electrons. The Morgan fingerprint density at radius 2 is 1.90 bits per heavy atom. The average molecular weight is 308 g/mol. The summed E-state index contributed by atoms with van der Waals surface area (Å²) in [5.41, 5.74) is 0.929. The monoisotopic (exact) mass is 307 g/mol. The zero-order chi connectivity index (χ0) is 15.2. The fraction of sp³-hybridized carbons (Fsp3) is 0.188. The van der Waals surface area contributed by atoms with Crippen molar-refractivity contribution in [2.24, 2.45) is 0 Å². The van der Waals surface area contributed by atoms with Crippen molar-refractivity contribution in [3.05, 3.63) is 64.9 Å². The maximum absolute atomic E-state index is 13.3. The maximum atomic E-state index is 13.3. The lowest BCUT2D eigenvalue weighted by atomic mass is 10.1. The van der Waals surface area contributed by atoms with E-state index in [1.54, 1.807) is 24.3 Å². The van der Waals surface area contributed by atoms with Crippen LogP contribution in [0.25, 0.3) is 0 Å². The molecule has 0 bridgehead atoms. The summed E-state index contributed by atoms with van der Waals surface area (Å²) in [4.78, 5) is 11.8. The van der Waals surface area contributed by atoms with Crippen LogP contribution in [0.15, 0.2) is 48.5 Å². The van der Waals surface area contributed by atoms with Crippen molar-refractivity contribution in [1.29, 1.82) is 0 Å². The minimum atomic E-state index is -0.490. The quantitative estimate of drug-likeness (QED) is 0.914. The van der Waals surface area contributed by atoms with E-state index in [4.69, 9.17) is 16.3 Å². The number of para-hydroxylation sites is 1. The summed E-state index contributed by atoms with van der Waals surface area (Å²) < 4.78 is 18.5. The van der Waals surface area contributed by atoms with Gasteiger partial charge in [0.25, 0.3) is 5.91 Å². The molecule has 21 heavy (non-hydrogen) atoms. The van der Waals surface area contributed by atoms with Crippen molar-refractivity contribution >= 4 is 17.5 Å². The van der Waals surface area contributed by atoms with E-state index < -0.39 is 5.82 Å². The van der Waals surface area contributed by atoms with Crippen LogP contribution < -0.4 is 10.1 Å². The predicted molar refractivity (Wildman–Crippen MR) is 79.9 cm³/mol. The summed E-state index contributed by atoms with van der Waals surface area (Å²) >= 11 is 5.81. The van der Waals surface area contributed by atoms with Crippen LogP contribution in [-0.2, 0) is 4.79 Å². The van der Waals surface area contributed by atoms with Crippen molar-refractivity contribution in [2.45, 2.75) is 13.0 Å². The largest absolute Gasteiger partial charge is 0.481 e. The first kappa shape index (κ1) is 15.3. The molecule has 0 radical (unpaired) electrons. The first-order valence-corrected chi connectivity index (χ1v) is 6.86. The van der Waals surface area contributed by atoms with Gasteiger partial charge in [0.05, 0.1) is 6.04 Å². The minimum absolute atomic E-state index is 0.0618. The third kappa shape index (κ3) is 4.46. The van der Waals surface area contributed by atoms with Crippen LogP contribution >= 0.6 is 11.6 Å². The fourth-order valence-electron chi connectivity index (χ4n) is 1.82. The van der Waals surface area contributed by atoms with Gasteiger partial charge >= 0.3 is 0 Å². The Bertz CT molecular complexity index is 616. The van der Waals surface area contributed by atoms with Crippen molar-refractivity contribution < 1.29 is 13.9 Å². The van der Waals surface area contributed by atoms with Gasteiger partial charge in [0.1, 0.15) is 0 Å². The Labute approximate surface area is 127 Å². The van der Waals surface area contributed by atoms with Crippen LogP contribution in [0.5, 0.6) is 5.75 Å². The van der Waals surface area contributed by atoms with Gasteiger partial charge in [0.2, 0.25) is 0 Å². The molecule has 1 atom stereocenters. The normalized spacial score (nSPS) is 11.8. The molecule has 0 saturated heterocycles. The number of hydrogen-bond acceptors (Lipinski definition) is 2. The van der Waals surface area contributed by atoms with E-state index >= 15 is 0 Å². The molecule has 1 unspecified atom stereocenters. The molecule has 0 heterocycles. The standard InChI is InChI=1S/C16H15ClFNO2/c1-11(12-6-8-13(17)9-7-12)19-16(20)10-21-15-5-3-2-4-14(15)18/h2-9,11H,10H2,1H3,(H,19,20). The Balaban J connectivity index is 1.87.